The average molecular weight is 225 g/mol. The molecule has 0 bridgehead atoms. The molecule has 1 saturated carbocycles. The number of aromatic nitrogens is 1. The lowest BCUT2D eigenvalue weighted by Crippen LogP contribution is -2.38. The Kier molecular flexibility index (Phi) is 2.63. The summed E-state index contributed by atoms with van der Waals surface area (Å²) in [4.78, 5) is 4.71. The van der Waals surface area contributed by atoms with Gasteiger partial charge in [0.2, 0.25) is 0 Å². The molecule has 2 rings (SSSR count). The van der Waals surface area contributed by atoms with Crippen LogP contribution in [0.5, 0.6) is 0 Å². The van der Waals surface area contributed by atoms with E-state index >= 15 is 0 Å². The molecule has 1 aliphatic carbocycles. The molecule has 0 saturated heterocycles. The first-order valence-electron chi connectivity index (χ1n) is 5.55. The fraction of sp³-hybridized carbons (Fsp3) is 0.750. The zero-order valence-electron chi connectivity index (χ0n) is 9.71. The van der Waals surface area contributed by atoms with Crippen molar-refractivity contribution in [3.05, 3.63) is 16.1 Å². The second-order valence-electron chi connectivity index (χ2n) is 5.58. The summed E-state index contributed by atoms with van der Waals surface area (Å²) in [5, 5.41) is 12.8. The normalized spacial score (nSPS) is 20.0. The molecule has 0 spiro atoms. The third-order valence-electron chi connectivity index (χ3n) is 3.30. The first-order chi connectivity index (χ1) is 6.98. The molecule has 1 aliphatic rings. The molecule has 0 atom stereocenters. The number of aliphatic hydroxyl groups excluding tert-OH is 1. The quantitative estimate of drug-likeness (QED) is 0.839. The Hall–Kier alpha value is -0.410. The van der Waals surface area contributed by atoms with Crippen LogP contribution in [0, 0.1) is 0 Å². The SMILES string of the molecule is CC(C)(C)c1nc(C2(CO)CCC2)cs1. The molecular weight excluding hydrogens is 206 g/mol. The summed E-state index contributed by atoms with van der Waals surface area (Å²) < 4.78 is 0. The zero-order chi connectivity index (χ0) is 11.1. The van der Waals surface area contributed by atoms with Crippen molar-refractivity contribution in [3.8, 4) is 0 Å². The number of hydrogen-bond acceptors (Lipinski definition) is 3. The Morgan fingerprint density at radius 1 is 1.47 bits per heavy atom. The lowest BCUT2D eigenvalue weighted by Gasteiger charge is -2.38. The van der Waals surface area contributed by atoms with Gasteiger partial charge in [0.25, 0.3) is 0 Å². The van der Waals surface area contributed by atoms with E-state index in [0.717, 1.165) is 18.5 Å². The van der Waals surface area contributed by atoms with Gasteiger partial charge >= 0.3 is 0 Å². The van der Waals surface area contributed by atoms with E-state index in [1.165, 1.54) is 11.4 Å². The second kappa shape index (κ2) is 3.56. The van der Waals surface area contributed by atoms with E-state index in [4.69, 9.17) is 4.98 Å². The first-order valence-corrected chi connectivity index (χ1v) is 6.43. The van der Waals surface area contributed by atoms with E-state index in [1.54, 1.807) is 11.3 Å². The highest BCUT2D eigenvalue weighted by molar-refractivity contribution is 7.09. The fourth-order valence-electron chi connectivity index (χ4n) is 1.96. The van der Waals surface area contributed by atoms with Crippen LogP contribution in [-0.4, -0.2) is 16.7 Å². The van der Waals surface area contributed by atoms with Gasteiger partial charge < -0.3 is 5.11 Å². The van der Waals surface area contributed by atoms with Crippen LogP contribution < -0.4 is 0 Å². The monoisotopic (exact) mass is 225 g/mol. The predicted molar refractivity (Wildman–Crippen MR) is 63.4 cm³/mol. The van der Waals surface area contributed by atoms with Crippen LogP contribution in [0.15, 0.2) is 5.38 Å². The molecule has 2 nitrogen and oxygen atoms in total. The lowest BCUT2D eigenvalue weighted by molar-refractivity contribution is 0.116. The van der Waals surface area contributed by atoms with Crippen molar-refractivity contribution >= 4 is 11.3 Å². The second-order valence-corrected chi connectivity index (χ2v) is 6.44. The van der Waals surface area contributed by atoms with E-state index in [-0.39, 0.29) is 17.4 Å². The number of aliphatic hydroxyl groups is 1. The fourth-order valence-corrected chi connectivity index (χ4v) is 2.99. The van der Waals surface area contributed by atoms with E-state index in [2.05, 4.69) is 26.2 Å². The topological polar surface area (TPSA) is 33.1 Å². The molecule has 0 aliphatic heterocycles. The van der Waals surface area contributed by atoms with E-state index in [0.29, 0.717) is 0 Å². The molecule has 1 aromatic heterocycles. The molecule has 15 heavy (non-hydrogen) atoms. The van der Waals surface area contributed by atoms with Crippen molar-refractivity contribution in [2.45, 2.75) is 50.9 Å². The minimum absolute atomic E-state index is 0.000000000000000222. The van der Waals surface area contributed by atoms with Crippen molar-refractivity contribution in [1.82, 2.24) is 4.98 Å². The number of thiazole rings is 1. The van der Waals surface area contributed by atoms with Gasteiger partial charge in [-0.05, 0) is 12.8 Å². The van der Waals surface area contributed by atoms with Gasteiger partial charge in [-0.25, -0.2) is 4.98 Å². The first kappa shape index (κ1) is 11.1. The molecule has 0 radical (unpaired) electrons. The van der Waals surface area contributed by atoms with Crippen LogP contribution in [0.3, 0.4) is 0 Å². The molecular formula is C12H19NOS. The number of rotatable bonds is 2. The van der Waals surface area contributed by atoms with E-state index < -0.39 is 0 Å². The van der Waals surface area contributed by atoms with Crippen molar-refractivity contribution in [3.63, 3.8) is 0 Å². The highest BCUT2D eigenvalue weighted by Gasteiger charge is 2.40. The van der Waals surface area contributed by atoms with Gasteiger partial charge in [0, 0.05) is 16.2 Å². The standard InChI is InChI=1S/C12H19NOS/c1-11(2,3)10-13-9(7-15-10)12(8-14)5-4-6-12/h7,14H,4-6,8H2,1-3H3. The molecule has 1 fully saturated rings. The molecule has 3 heteroatoms. The summed E-state index contributed by atoms with van der Waals surface area (Å²) in [7, 11) is 0. The Balaban J connectivity index is 2.27. The van der Waals surface area contributed by atoms with Gasteiger partial charge in [0.1, 0.15) is 0 Å². The van der Waals surface area contributed by atoms with Gasteiger partial charge in [0.05, 0.1) is 17.3 Å². The molecule has 0 unspecified atom stereocenters. The Morgan fingerprint density at radius 3 is 2.47 bits per heavy atom. The van der Waals surface area contributed by atoms with Gasteiger partial charge in [-0.1, -0.05) is 27.2 Å². The minimum atomic E-state index is 0.000000000000000222. The molecule has 0 amide bonds. The highest BCUT2D eigenvalue weighted by Crippen LogP contribution is 2.44. The van der Waals surface area contributed by atoms with Gasteiger partial charge in [-0.15, -0.1) is 11.3 Å². The molecule has 84 valence electrons. The highest BCUT2D eigenvalue weighted by atomic mass is 32.1. The van der Waals surface area contributed by atoms with E-state index in [1.807, 2.05) is 0 Å². The summed E-state index contributed by atoms with van der Waals surface area (Å²) in [6, 6.07) is 0. The predicted octanol–water partition coefficient (Wildman–Crippen LogP) is 2.85. The van der Waals surface area contributed by atoms with Crippen LogP contribution in [0.4, 0.5) is 0 Å². The summed E-state index contributed by atoms with van der Waals surface area (Å²) in [6.07, 6.45) is 3.41. The average Bonchev–Trinajstić information content (AvgIpc) is 2.51. The summed E-state index contributed by atoms with van der Waals surface area (Å²) in [5.74, 6) is 0. The van der Waals surface area contributed by atoms with Crippen LogP contribution in [0.1, 0.15) is 50.7 Å². The largest absolute Gasteiger partial charge is 0.395 e. The third-order valence-corrected chi connectivity index (χ3v) is 4.57. The minimum Gasteiger partial charge on any atom is -0.395 e. The number of nitrogens with zero attached hydrogens (tertiary/aromatic N) is 1. The van der Waals surface area contributed by atoms with Crippen LogP contribution in [0.25, 0.3) is 0 Å². The Labute approximate surface area is 95.4 Å². The smallest absolute Gasteiger partial charge is 0.0982 e. The van der Waals surface area contributed by atoms with E-state index in [9.17, 15) is 5.11 Å². The zero-order valence-corrected chi connectivity index (χ0v) is 10.5. The summed E-state index contributed by atoms with van der Waals surface area (Å²) in [6.45, 7) is 6.80. The molecule has 0 aromatic carbocycles. The summed E-state index contributed by atoms with van der Waals surface area (Å²) in [5.41, 5.74) is 1.25. The van der Waals surface area contributed by atoms with Gasteiger partial charge in [0.15, 0.2) is 0 Å². The van der Waals surface area contributed by atoms with Crippen LogP contribution in [-0.2, 0) is 10.8 Å². The lowest BCUT2D eigenvalue weighted by atomic mass is 9.67. The van der Waals surface area contributed by atoms with Crippen molar-refractivity contribution in [2.24, 2.45) is 0 Å². The van der Waals surface area contributed by atoms with Gasteiger partial charge in [-0.2, -0.15) is 0 Å². The molecule has 1 heterocycles. The Morgan fingerprint density at radius 2 is 2.13 bits per heavy atom. The summed E-state index contributed by atoms with van der Waals surface area (Å²) >= 11 is 1.73. The maximum Gasteiger partial charge on any atom is 0.0982 e. The molecule has 1 aromatic rings. The van der Waals surface area contributed by atoms with Crippen molar-refractivity contribution < 1.29 is 5.11 Å². The van der Waals surface area contributed by atoms with Crippen molar-refractivity contribution in [1.29, 1.82) is 0 Å². The maximum atomic E-state index is 9.47. The van der Waals surface area contributed by atoms with Crippen LogP contribution in [0.2, 0.25) is 0 Å². The maximum absolute atomic E-state index is 9.47. The Bertz CT molecular complexity index is 341. The van der Waals surface area contributed by atoms with Crippen molar-refractivity contribution in [2.75, 3.05) is 6.61 Å². The third kappa shape index (κ3) is 1.83. The molecule has 1 N–H and O–H groups in total. The number of hydrogen-bond donors (Lipinski definition) is 1. The van der Waals surface area contributed by atoms with Crippen LogP contribution >= 0.6 is 11.3 Å². The van der Waals surface area contributed by atoms with Gasteiger partial charge in [-0.3, -0.25) is 0 Å².